The van der Waals surface area contributed by atoms with Gasteiger partial charge in [-0.25, -0.2) is 4.79 Å². The third kappa shape index (κ3) is 3.90. The Morgan fingerprint density at radius 1 is 1.32 bits per heavy atom. The number of carbonyl (C=O) groups is 3. The zero-order chi connectivity index (χ0) is 20.5. The maximum Gasteiger partial charge on any atom is 0.325 e. The number of hydrogen-bond acceptors (Lipinski definition) is 5. The molecule has 4 amide bonds. The number of nitrogens with one attached hydrogen (secondary N) is 1. The Morgan fingerprint density at radius 2 is 2.00 bits per heavy atom. The predicted molar refractivity (Wildman–Crippen MR) is 109 cm³/mol. The molecule has 0 bridgehead atoms. The van der Waals surface area contributed by atoms with Gasteiger partial charge in [-0.15, -0.1) is 11.3 Å². The summed E-state index contributed by atoms with van der Waals surface area (Å²) in [4.78, 5) is 41.4. The Labute approximate surface area is 175 Å². The highest BCUT2D eigenvalue weighted by Crippen LogP contribution is 2.30. The van der Waals surface area contributed by atoms with Crippen LogP contribution in [0.3, 0.4) is 0 Å². The molecule has 1 unspecified atom stereocenters. The normalized spacial score (nSPS) is 18.9. The number of methoxy groups -OCH3 is 1. The van der Waals surface area contributed by atoms with Crippen molar-refractivity contribution in [1.29, 1.82) is 0 Å². The molecule has 9 heteroatoms. The van der Waals surface area contributed by atoms with Crippen molar-refractivity contribution in [2.24, 2.45) is 0 Å². The number of nitrogens with zero attached hydrogens (tertiary/aromatic N) is 2. The molecule has 1 saturated heterocycles. The van der Waals surface area contributed by atoms with E-state index in [1.54, 1.807) is 45.3 Å². The van der Waals surface area contributed by atoms with Crippen molar-refractivity contribution >= 4 is 45.1 Å². The molecule has 1 aromatic carbocycles. The third-order valence-corrected chi connectivity index (χ3v) is 6.36. The van der Waals surface area contributed by atoms with Crippen molar-refractivity contribution in [1.82, 2.24) is 15.1 Å². The first-order chi connectivity index (χ1) is 13.2. The molecule has 1 fully saturated rings. The van der Waals surface area contributed by atoms with Gasteiger partial charge in [0.05, 0.1) is 13.7 Å². The number of halogens is 1. The second-order valence-electron chi connectivity index (χ2n) is 6.66. The number of benzene rings is 1. The first kappa shape index (κ1) is 20.3. The molecule has 0 spiro atoms. The lowest BCUT2D eigenvalue weighted by molar-refractivity contribution is -0.138. The Bertz CT molecular complexity index is 914. The fourth-order valence-corrected chi connectivity index (χ4v) is 4.48. The first-order valence-corrected chi connectivity index (χ1v) is 10.2. The van der Waals surface area contributed by atoms with Crippen LogP contribution in [0.1, 0.15) is 17.4 Å². The molecular weight excluding hydrogens is 446 g/mol. The Hall–Kier alpha value is -2.39. The van der Waals surface area contributed by atoms with Crippen molar-refractivity contribution in [3.05, 3.63) is 50.6 Å². The SMILES string of the molecule is COc1ccc(C2(C)NC(=O)N(CC(=O)N(C)Cc3cc(Br)cs3)C2=O)cc1. The van der Waals surface area contributed by atoms with Gasteiger partial charge in [0.25, 0.3) is 5.91 Å². The van der Waals surface area contributed by atoms with Crippen molar-refractivity contribution < 1.29 is 19.1 Å². The lowest BCUT2D eigenvalue weighted by atomic mass is 9.92. The van der Waals surface area contributed by atoms with Gasteiger partial charge in [-0.3, -0.25) is 14.5 Å². The summed E-state index contributed by atoms with van der Waals surface area (Å²) in [6.45, 7) is 1.74. The van der Waals surface area contributed by atoms with E-state index in [1.807, 2.05) is 11.4 Å². The molecule has 3 rings (SSSR count). The average molecular weight is 466 g/mol. The molecule has 1 atom stereocenters. The molecule has 0 saturated carbocycles. The van der Waals surface area contributed by atoms with Crippen molar-refractivity contribution in [2.45, 2.75) is 19.0 Å². The number of ether oxygens (including phenoxy) is 1. The summed E-state index contributed by atoms with van der Waals surface area (Å²) < 4.78 is 6.08. The quantitative estimate of drug-likeness (QED) is 0.665. The second-order valence-corrected chi connectivity index (χ2v) is 8.57. The summed E-state index contributed by atoms with van der Waals surface area (Å²) in [7, 11) is 3.20. The zero-order valence-corrected chi connectivity index (χ0v) is 18.1. The molecule has 1 aliphatic rings. The van der Waals surface area contributed by atoms with Crippen LogP contribution in [-0.2, 0) is 21.7 Å². The van der Waals surface area contributed by atoms with Gasteiger partial charge in [0.15, 0.2) is 0 Å². The summed E-state index contributed by atoms with van der Waals surface area (Å²) in [6.07, 6.45) is 0. The van der Waals surface area contributed by atoms with Crippen LogP contribution in [0.15, 0.2) is 40.2 Å². The molecule has 2 heterocycles. The summed E-state index contributed by atoms with van der Waals surface area (Å²) in [5, 5.41) is 4.64. The first-order valence-electron chi connectivity index (χ1n) is 8.50. The highest BCUT2D eigenvalue weighted by Gasteiger charge is 2.49. The highest BCUT2D eigenvalue weighted by molar-refractivity contribution is 9.10. The molecule has 148 valence electrons. The number of amides is 4. The monoisotopic (exact) mass is 465 g/mol. The highest BCUT2D eigenvalue weighted by atomic mass is 79.9. The van der Waals surface area contributed by atoms with Gasteiger partial charge < -0.3 is 15.0 Å². The van der Waals surface area contributed by atoms with Gasteiger partial charge >= 0.3 is 6.03 Å². The van der Waals surface area contributed by atoms with Crippen LogP contribution in [0.4, 0.5) is 4.79 Å². The van der Waals surface area contributed by atoms with Crippen LogP contribution in [0.5, 0.6) is 5.75 Å². The minimum absolute atomic E-state index is 0.306. The van der Waals surface area contributed by atoms with Gasteiger partial charge in [0.2, 0.25) is 5.91 Å². The maximum absolute atomic E-state index is 12.9. The molecule has 7 nitrogen and oxygen atoms in total. The minimum Gasteiger partial charge on any atom is -0.497 e. The van der Waals surface area contributed by atoms with Gasteiger partial charge in [-0.05, 0) is 46.6 Å². The second kappa shape index (κ2) is 7.92. The zero-order valence-electron chi connectivity index (χ0n) is 15.7. The Balaban J connectivity index is 1.71. The van der Waals surface area contributed by atoms with Crippen LogP contribution >= 0.6 is 27.3 Å². The van der Waals surface area contributed by atoms with Gasteiger partial charge in [0, 0.05) is 21.8 Å². The molecular formula is C19H20BrN3O4S. The Kier molecular flexibility index (Phi) is 5.76. The molecule has 1 aromatic heterocycles. The Morgan fingerprint density at radius 3 is 2.57 bits per heavy atom. The van der Waals surface area contributed by atoms with Gasteiger partial charge in [0.1, 0.15) is 17.8 Å². The van der Waals surface area contributed by atoms with E-state index in [0.717, 1.165) is 14.2 Å². The number of rotatable bonds is 6. The fraction of sp³-hybridized carbons (Fsp3) is 0.316. The van der Waals surface area contributed by atoms with Crippen LogP contribution in [0.2, 0.25) is 0 Å². The number of carbonyl (C=O) groups excluding carboxylic acids is 3. The van der Waals surface area contributed by atoms with E-state index in [2.05, 4.69) is 21.2 Å². The smallest absolute Gasteiger partial charge is 0.325 e. The lowest BCUT2D eigenvalue weighted by Gasteiger charge is -2.23. The van der Waals surface area contributed by atoms with E-state index in [4.69, 9.17) is 4.74 Å². The predicted octanol–water partition coefficient (Wildman–Crippen LogP) is 2.94. The number of likely N-dealkylation sites (N-methyl/N-ethyl adjacent to an activating group) is 1. The summed E-state index contributed by atoms with van der Waals surface area (Å²) in [5.41, 5.74) is -0.598. The average Bonchev–Trinajstić information content (AvgIpc) is 3.18. The van der Waals surface area contributed by atoms with Crippen LogP contribution in [0.25, 0.3) is 0 Å². The summed E-state index contributed by atoms with van der Waals surface area (Å²) in [5.74, 6) is -0.117. The van der Waals surface area contributed by atoms with Crippen LogP contribution in [0, 0.1) is 0 Å². The van der Waals surface area contributed by atoms with Crippen LogP contribution < -0.4 is 10.1 Å². The maximum atomic E-state index is 12.9. The largest absolute Gasteiger partial charge is 0.497 e. The fourth-order valence-electron chi connectivity index (χ4n) is 2.98. The number of imide groups is 1. The standard InChI is InChI=1S/C19H20BrN3O4S/c1-19(12-4-6-14(27-3)7-5-12)17(25)23(18(26)21-19)10-16(24)22(2)9-15-8-13(20)11-28-15/h4-8,11H,9-10H2,1-3H3,(H,21,26). The molecule has 1 N–H and O–H groups in total. The van der Waals surface area contributed by atoms with E-state index < -0.39 is 17.5 Å². The molecule has 2 aromatic rings. The van der Waals surface area contributed by atoms with Gasteiger partial charge in [-0.1, -0.05) is 12.1 Å². The molecule has 0 aliphatic carbocycles. The van der Waals surface area contributed by atoms with E-state index in [-0.39, 0.29) is 12.5 Å². The van der Waals surface area contributed by atoms with E-state index in [9.17, 15) is 14.4 Å². The van der Waals surface area contributed by atoms with E-state index >= 15 is 0 Å². The number of urea groups is 1. The number of hydrogen-bond donors (Lipinski definition) is 1. The van der Waals surface area contributed by atoms with E-state index in [0.29, 0.717) is 17.9 Å². The van der Waals surface area contributed by atoms with Crippen molar-refractivity contribution in [3.63, 3.8) is 0 Å². The van der Waals surface area contributed by atoms with Crippen molar-refractivity contribution in [2.75, 3.05) is 20.7 Å². The minimum atomic E-state index is -1.22. The third-order valence-electron chi connectivity index (χ3n) is 4.68. The molecule has 28 heavy (non-hydrogen) atoms. The van der Waals surface area contributed by atoms with Crippen LogP contribution in [-0.4, -0.2) is 48.3 Å². The topological polar surface area (TPSA) is 79.0 Å². The molecule has 0 radical (unpaired) electrons. The number of thiophene rings is 1. The van der Waals surface area contributed by atoms with Gasteiger partial charge in [-0.2, -0.15) is 0 Å². The lowest BCUT2D eigenvalue weighted by Crippen LogP contribution is -2.43. The van der Waals surface area contributed by atoms with E-state index in [1.165, 1.54) is 16.2 Å². The summed E-state index contributed by atoms with van der Waals surface area (Å²) >= 11 is 4.91. The van der Waals surface area contributed by atoms with Crippen molar-refractivity contribution in [3.8, 4) is 5.75 Å². The summed E-state index contributed by atoms with van der Waals surface area (Å²) in [6, 6.07) is 8.25. The molecule has 1 aliphatic heterocycles.